The van der Waals surface area contributed by atoms with Crippen LogP contribution >= 0.6 is 0 Å². The van der Waals surface area contributed by atoms with Crippen LogP contribution in [0.1, 0.15) is 129 Å². The van der Waals surface area contributed by atoms with Crippen molar-refractivity contribution in [2.24, 2.45) is 0 Å². The van der Waals surface area contributed by atoms with E-state index in [2.05, 4.69) is 13.8 Å². The van der Waals surface area contributed by atoms with Gasteiger partial charge >= 0.3 is 5.97 Å². The first-order chi connectivity index (χ1) is 16.3. The minimum atomic E-state index is -0.107. The molecule has 0 N–H and O–H groups in total. The standard InChI is InChI=1S/C28H56O5/c1-3-5-7-9-11-12-14-15-17-21-30-24-26-32-27-25-31-22-19-20-28(29)33-23-18-16-13-10-8-6-4-2/h3-27H2,1-2H3. The highest BCUT2D eigenvalue weighted by Gasteiger charge is 2.02. The first-order valence-electron chi connectivity index (χ1n) is 14.2. The number of esters is 1. The summed E-state index contributed by atoms with van der Waals surface area (Å²) in [5.41, 5.74) is 0. The van der Waals surface area contributed by atoms with Gasteiger partial charge in [0.05, 0.1) is 33.0 Å². The number of unbranched alkanes of at least 4 members (excludes halogenated alkanes) is 14. The lowest BCUT2D eigenvalue weighted by molar-refractivity contribution is -0.144. The monoisotopic (exact) mass is 472 g/mol. The second kappa shape index (κ2) is 29.4. The molecule has 0 aromatic heterocycles. The van der Waals surface area contributed by atoms with Gasteiger partial charge in [-0.3, -0.25) is 4.79 Å². The third-order valence-electron chi connectivity index (χ3n) is 5.82. The number of ether oxygens (including phenoxy) is 4. The normalized spacial score (nSPS) is 11.2. The second-order valence-electron chi connectivity index (χ2n) is 9.11. The van der Waals surface area contributed by atoms with Crippen LogP contribution < -0.4 is 0 Å². The number of rotatable bonds is 28. The van der Waals surface area contributed by atoms with Crippen molar-refractivity contribution >= 4 is 5.97 Å². The maximum absolute atomic E-state index is 11.7. The van der Waals surface area contributed by atoms with E-state index in [-0.39, 0.29) is 5.97 Å². The molecular formula is C28H56O5. The average molecular weight is 473 g/mol. The molecule has 198 valence electrons. The van der Waals surface area contributed by atoms with E-state index in [4.69, 9.17) is 18.9 Å². The molecule has 5 nitrogen and oxygen atoms in total. The Hall–Kier alpha value is -0.650. The summed E-state index contributed by atoms with van der Waals surface area (Å²) in [5, 5.41) is 0. The lowest BCUT2D eigenvalue weighted by Crippen LogP contribution is -2.11. The minimum absolute atomic E-state index is 0.107. The summed E-state index contributed by atoms with van der Waals surface area (Å²) < 4.78 is 21.9. The van der Waals surface area contributed by atoms with Crippen molar-refractivity contribution in [3.63, 3.8) is 0 Å². The highest BCUT2D eigenvalue weighted by Crippen LogP contribution is 2.09. The lowest BCUT2D eigenvalue weighted by atomic mass is 10.1. The molecule has 0 atom stereocenters. The van der Waals surface area contributed by atoms with Gasteiger partial charge in [0.25, 0.3) is 0 Å². The van der Waals surface area contributed by atoms with Crippen LogP contribution in [0, 0.1) is 0 Å². The molecule has 0 bridgehead atoms. The lowest BCUT2D eigenvalue weighted by Gasteiger charge is -2.07. The van der Waals surface area contributed by atoms with Gasteiger partial charge < -0.3 is 18.9 Å². The molecule has 0 aromatic rings. The van der Waals surface area contributed by atoms with E-state index in [0.29, 0.717) is 52.5 Å². The van der Waals surface area contributed by atoms with Crippen molar-refractivity contribution in [2.45, 2.75) is 129 Å². The third-order valence-corrected chi connectivity index (χ3v) is 5.82. The number of carbonyl (C=O) groups excluding carboxylic acids is 1. The fourth-order valence-electron chi connectivity index (χ4n) is 3.69. The van der Waals surface area contributed by atoms with Crippen LogP contribution in [0.4, 0.5) is 0 Å². The van der Waals surface area contributed by atoms with Crippen LogP contribution in [0.3, 0.4) is 0 Å². The summed E-state index contributed by atoms with van der Waals surface area (Å²) in [5.74, 6) is -0.107. The van der Waals surface area contributed by atoms with E-state index in [1.807, 2.05) is 0 Å². The van der Waals surface area contributed by atoms with Gasteiger partial charge in [-0.2, -0.15) is 0 Å². The van der Waals surface area contributed by atoms with E-state index >= 15 is 0 Å². The smallest absolute Gasteiger partial charge is 0.305 e. The molecule has 0 amide bonds. The van der Waals surface area contributed by atoms with Crippen molar-refractivity contribution in [2.75, 3.05) is 46.2 Å². The molecule has 33 heavy (non-hydrogen) atoms. The summed E-state index contributed by atoms with van der Waals surface area (Å²) in [7, 11) is 0. The van der Waals surface area contributed by atoms with Crippen LogP contribution in [-0.2, 0) is 23.7 Å². The van der Waals surface area contributed by atoms with Gasteiger partial charge in [0.1, 0.15) is 0 Å². The van der Waals surface area contributed by atoms with Crippen molar-refractivity contribution in [3.05, 3.63) is 0 Å². The Morgan fingerprint density at radius 2 is 0.788 bits per heavy atom. The Morgan fingerprint density at radius 1 is 0.424 bits per heavy atom. The molecule has 0 unspecified atom stereocenters. The Bertz CT molecular complexity index is 375. The first-order valence-corrected chi connectivity index (χ1v) is 14.2. The van der Waals surface area contributed by atoms with Gasteiger partial charge in [-0.25, -0.2) is 0 Å². The predicted molar refractivity (Wildman–Crippen MR) is 138 cm³/mol. The zero-order valence-corrected chi connectivity index (χ0v) is 22.2. The summed E-state index contributed by atoms with van der Waals surface area (Å²) in [6.45, 7) is 8.87. The van der Waals surface area contributed by atoms with Gasteiger partial charge in [-0.05, 0) is 19.3 Å². The van der Waals surface area contributed by atoms with Crippen LogP contribution in [0.15, 0.2) is 0 Å². The van der Waals surface area contributed by atoms with Crippen LogP contribution in [0.25, 0.3) is 0 Å². The molecule has 0 saturated heterocycles. The van der Waals surface area contributed by atoms with E-state index in [1.54, 1.807) is 0 Å². The fourth-order valence-corrected chi connectivity index (χ4v) is 3.69. The molecule has 0 heterocycles. The van der Waals surface area contributed by atoms with E-state index in [0.717, 1.165) is 25.9 Å². The maximum Gasteiger partial charge on any atom is 0.305 e. The molecule has 0 radical (unpaired) electrons. The number of hydrogen-bond donors (Lipinski definition) is 0. The molecule has 0 aromatic carbocycles. The molecule has 0 saturated carbocycles. The summed E-state index contributed by atoms with van der Waals surface area (Å²) in [6, 6.07) is 0. The van der Waals surface area contributed by atoms with Crippen molar-refractivity contribution in [3.8, 4) is 0 Å². The average Bonchev–Trinajstić information content (AvgIpc) is 2.82. The Kier molecular flexibility index (Phi) is 28.8. The molecule has 0 aliphatic rings. The summed E-state index contributed by atoms with van der Waals surface area (Å²) >= 11 is 0. The molecular weight excluding hydrogens is 416 g/mol. The largest absolute Gasteiger partial charge is 0.466 e. The number of carbonyl (C=O) groups is 1. The van der Waals surface area contributed by atoms with Gasteiger partial charge in [0.2, 0.25) is 0 Å². The quantitative estimate of drug-likeness (QED) is 0.0865. The van der Waals surface area contributed by atoms with E-state index in [9.17, 15) is 4.79 Å². The fraction of sp³-hybridized carbons (Fsp3) is 0.964. The zero-order valence-electron chi connectivity index (χ0n) is 22.2. The summed E-state index contributed by atoms with van der Waals surface area (Å²) in [4.78, 5) is 11.7. The van der Waals surface area contributed by atoms with Gasteiger partial charge in [0, 0.05) is 19.6 Å². The summed E-state index contributed by atoms with van der Waals surface area (Å²) in [6.07, 6.45) is 21.8. The minimum Gasteiger partial charge on any atom is -0.466 e. The number of hydrogen-bond acceptors (Lipinski definition) is 5. The Balaban J connectivity index is 3.11. The zero-order chi connectivity index (χ0) is 24.1. The van der Waals surface area contributed by atoms with Gasteiger partial charge in [-0.15, -0.1) is 0 Å². The van der Waals surface area contributed by atoms with Crippen molar-refractivity contribution < 1.29 is 23.7 Å². The SMILES string of the molecule is CCCCCCCCCCCOCCOCCOCCCC(=O)OCCCCCCCCC. The van der Waals surface area contributed by atoms with Crippen LogP contribution in [0.2, 0.25) is 0 Å². The Morgan fingerprint density at radius 3 is 1.27 bits per heavy atom. The van der Waals surface area contributed by atoms with Gasteiger partial charge in [-0.1, -0.05) is 104 Å². The highest BCUT2D eigenvalue weighted by molar-refractivity contribution is 5.69. The highest BCUT2D eigenvalue weighted by atomic mass is 16.5. The van der Waals surface area contributed by atoms with Crippen LogP contribution in [-0.4, -0.2) is 52.2 Å². The molecule has 0 aliphatic heterocycles. The second-order valence-corrected chi connectivity index (χ2v) is 9.11. The predicted octanol–water partition coefficient (Wildman–Crippen LogP) is 7.64. The molecule has 5 heteroatoms. The Labute approximate surface area is 205 Å². The maximum atomic E-state index is 11.7. The third kappa shape index (κ3) is 29.3. The first kappa shape index (κ1) is 32.4. The molecule has 0 rings (SSSR count). The van der Waals surface area contributed by atoms with Crippen molar-refractivity contribution in [1.29, 1.82) is 0 Å². The van der Waals surface area contributed by atoms with E-state index < -0.39 is 0 Å². The molecule has 0 aliphatic carbocycles. The van der Waals surface area contributed by atoms with Gasteiger partial charge in [0.15, 0.2) is 0 Å². The molecule has 0 fully saturated rings. The van der Waals surface area contributed by atoms with Crippen LogP contribution in [0.5, 0.6) is 0 Å². The molecule has 0 spiro atoms. The topological polar surface area (TPSA) is 54.0 Å². The van der Waals surface area contributed by atoms with E-state index in [1.165, 1.54) is 83.5 Å². The van der Waals surface area contributed by atoms with Crippen molar-refractivity contribution in [1.82, 2.24) is 0 Å².